The fraction of sp³-hybridized carbons (Fsp3) is 0.538. The van der Waals surface area contributed by atoms with E-state index in [1.54, 1.807) is 18.0 Å². The van der Waals surface area contributed by atoms with Crippen LogP contribution < -0.4 is 4.90 Å². The second-order valence-electron chi connectivity index (χ2n) is 10.7. The molecular formula is C26H30N6O2. The van der Waals surface area contributed by atoms with Crippen molar-refractivity contribution in [3.63, 3.8) is 0 Å². The summed E-state index contributed by atoms with van der Waals surface area (Å²) in [4.78, 5) is 23.1. The minimum atomic E-state index is -0.101. The summed E-state index contributed by atoms with van der Waals surface area (Å²) in [6, 6.07) is 5.95. The van der Waals surface area contributed by atoms with E-state index in [1.807, 2.05) is 13.0 Å². The van der Waals surface area contributed by atoms with Gasteiger partial charge in [0.1, 0.15) is 17.3 Å². The van der Waals surface area contributed by atoms with Gasteiger partial charge >= 0.3 is 0 Å². The Bertz CT molecular complexity index is 1330. The van der Waals surface area contributed by atoms with Gasteiger partial charge in [0.05, 0.1) is 11.1 Å². The molecule has 3 aliphatic rings. The van der Waals surface area contributed by atoms with Crippen molar-refractivity contribution in [1.29, 1.82) is 5.26 Å². The first-order valence-electron chi connectivity index (χ1n) is 12.2. The van der Waals surface area contributed by atoms with E-state index < -0.39 is 0 Å². The third-order valence-corrected chi connectivity index (χ3v) is 8.52. The lowest BCUT2D eigenvalue weighted by Gasteiger charge is -2.30. The van der Waals surface area contributed by atoms with Crippen molar-refractivity contribution in [3.05, 3.63) is 29.0 Å². The zero-order chi connectivity index (χ0) is 23.6. The van der Waals surface area contributed by atoms with Crippen molar-refractivity contribution in [2.75, 3.05) is 25.2 Å². The molecule has 34 heavy (non-hydrogen) atoms. The number of aromatic nitrogens is 4. The van der Waals surface area contributed by atoms with E-state index in [-0.39, 0.29) is 11.8 Å². The topological polar surface area (TPSA) is 111 Å². The van der Waals surface area contributed by atoms with Crippen LogP contribution >= 0.6 is 0 Å². The normalized spacial score (nSPS) is 24.8. The number of hydrogen-bond acceptors (Lipinski definition) is 5. The standard InChI is InChI=1S/C26H30N6O2/c1-14(15-4-6-34-7-5-15)25(33)32(3)18-8-16(13-27)22-20(10-18)28-24(29-22)23-19-9-17-11-26(17,2)12-21(19)30-31-23/h8,10,14-15,17H,4-7,9,11-12H2,1-3H3,(H,28,29)(H,30,31)/t14-,17-,26-/m1/s1. The van der Waals surface area contributed by atoms with Gasteiger partial charge in [0.25, 0.3) is 0 Å². The van der Waals surface area contributed by atoms with Crippen molar-refractivity contribution in [2.45, 2.75) is 46.0 Å². The summed E-state index contributed by atoms with van der Waals surface area (Å²) < 4.78 is 5.45. The molecule has 1 saturated heterocycles. The van der Waals surface area contributed by atoms with Crippen molar-refractivity contribution in [2.24, 2.45) is 23.2 Å². The highest BCUT2D eigenvalue weighted by molar-refractivity contribution is 5.98. The Balaban J connectivity index is 1.32. The summed E-state index contributed by atoms with van der Waals surface area (Å²) in [5, 5.41) is 17.7. The van der Waals surface area contributed by atoms with Crippen LogP contribution in [0.4, 0.5) is 5.69 Å². The number of nitrogens with zero attached hydrogens (tertiary/aromatic N) is 4. The van der Waals surface area contributed by atoms with Gasteiger partial charge in [-0.05, 0) is 61.5 Å². The molecule has 0 unspecified atom stereocenters. The van der Waals surface area contributed by atoms with Gasteiger partial charge in [-0.3, -0.25) is 9.89 Å². The number of fused-ring (bicyclic) bond motifs is 3. The van der Waals surface area contributed by atoms with Crippen LogP contribution in [0.3, 0.4) is 0 Å². The predicted octanol–water partition coefficient (Wildman–Crippen LogP) is 3.97. The summed E-state index contributed by atoms with van der Waals surface area (Å²) in [6.45, 7) is 5.77. The lowest BCUT2D eigenvalue weighted by Crippen LogP contribution is -2.37. The van der Waals surface area contributed by atoms with Gasteiger partial charge in [0, 0.05) is 43.1 Å². The highest BCUT2D eigenvalue weighted by Gasteiger charge is 2.53. The zero-order valence-corrected chi connectivity index (χ0v) is 19.9. The number of anilines is 1. The van der Waals surface area contributed by atoms with Gasteiger partial charge < -0.3 is 14.6 Å². The second kappa shape index (κ2) is 7.67. The second-order valence-corrected chi connectivity index (χ2v) is 10.7. The largest absolute Gasteiger partial charge is 0.381 e. The molecule has 2 aliphatic carbocycles. The number of carbonyl (C=O) groups is 1. The number of nitriles is 1. The number of carbonyl (C=O) groups excluding carboxylic acids is 1. The van der Waals surface area contributed by atoms with Crippen molar-refractivity contribution in [3.8, 4) is 17.6 Å². The first-order chi connectivity index (χ1) is 16.4. The quantitative estimate of drug-likeness (QED) is 0.614. The average Bonchev–Trinajstić information content (AvgIpc) is 3.15. The molecule has 2 aromatic heterocycles. The number of rotatable bonds is 4. The highest BCUT2D eigenvalue weighted by Crippen LogP contribution is 2.59. The highest BCUT2D eigenvalue weighted by atomic mass is 16.5. The molecule has 1 saturated carbocycles. The SMILES string of the molecule is C[C@@H](C(=O)N(C)c1cc(C#N)c2nc(-c3n[nH]c4c3C[C@@H]3C[C@]3(C)C4)[nH]c2c1)C1CCOCC1. The van der Waals surface area contributed by atoms with Crippen LogP contribution in [-0.4, -0.2) is 46.3 Å². The number of imidazole rings is 1. The number of H-pyrrole nitrogens is 2. The lowest BCUT2D eigenvalue weighted by atomic mass is 9.86. The van der Waals surface area contributed by atoms with Crippen LogP contribution in [0.2, 0.25) is 0 Å². The Kier molecular flexibility index (Phi) is 4.82. The predicted molar refractivity (Wildman–Crippen MR) is 128 cm³/mol. The van der Waals surface area contributed by atoms with Crippen LogP contribution in [0.1, 0.15) is 49.9 Å². The van der Waals surface area contributed by atoms with Crippen LogP contribution in [0.5, 0.6) is 0 Å². The summed E-state index contributed by atoms with van der Waals surface area (Å²) in [5.74, 6) is 1.68. The van der Waals surface area contributed by atoms with Gasteiger partial charge in [0.2, 0.25) is 5.91 Å². The van der Waals surface area contributed by atoms with Crippen LogP contribution in [-0.2, 0) is 22.4 Å². The number of ether oxygens (including phenoxy) is 1. The monoisotopic (exact) mass is 458 g/mol. The maximum Gasteiger partial charge on any atom is 0.229 e. The molecule has 0 bridgehead atoms. The number of amides is 1. The van der Waals surface area contributed by atoms with Crippen LogP contribution in [0.25, 0.3) is 22.6 Å². The molecule has 8 heteroatoms. The van der Waals surface area contributed by atoms with E-state index in [0.29, 0.717) is 47.1 Å². The van der Waals surface area contributed by atoms with Crippen molar-refractivity contribution < 1.29 is 9.53 Å². The molecule has 6 rings (SSSR count). The number of aromatic amines is 2. The van der Waals surface area contributed by atoms with E-state index in [2.05, 4.69) is 28.2 Å². The summed E-state index contributed by atoms with van der Waals surface area (Å²) in [6.07, 6.45) is 5.13. The molecule has 1 amide bonds. The van der Waals surface area contributed by atoms with Crippen LogP contribution in [0.15, 0.2) is 12.1 Å². The van der Waals surface area contributed by atoms with E-state index in [4.69, 9.17) is 9.72 Å². The smallest absolute Gasteiger partial charge is 0.229 e. The minimum Gasteiger partial charge on any atom is -0.381 e. The van der Waals surface area contributed by atoms with E-state index in [0.717, 1.165) is 42.8 Å². The van der Waals surface area contributed by atoms with Crippen molar-refractivity contribution in [1.82, 2.24) is 20.2 Å². The number of hydrogen-bond donors (Lipinski definition) is 2. The fourth-order valence-corrected chi connectivity index (χ4v) is 6.00. The molecule has 3 heterocycles. The number of benzene rings is 1. The summed E-state index contributed by atoms with van der Waals surface area (Å²) in [7, 11) is 1.79. The molecule has 2 fully saturated rings. The number of nitrogens with one attached hydrogen (secondary N) is 2. The Morgan fingerprint density at radius 1 is 1.35 bits per heavy atom. The molecule has 3 atom stereocenters. The average molecular weight is 459 g/mol. The fourth-order valence-electron chi connectivity index (χ4n) is 6.00. The lowest BCUT2D eigenvalue weighted by molar-refractivity contribution is -0.124. The molecule has 1 aliphatic heterocycles. The summed E-state index contributed by atoms with van der Waals surface area (Å²) in [5.41, 5.74) is 6.23. The van der Waals surface area contributed by atoms with Gasteiger partial charge in [-0.2, -0.15) is 10.4 Å². The molecule has 0 radical (unpaired) electrons. The first-order valence-corrected chi connectivity index (χ1v) is 12.2. The van der Waals surface area contributed by atoms with Gasteiger partial charge in [-0.15, -0.1) is 0 Å². The molecule has 0 spiro atoms. The molecular weight excluding hydrogens is 428 g/mol. The molecule has 1 aromatic carbocycles. The Morgan fingerprint density at radius 2 is 2.15 bits per heavy atom. The Morgan fingerprint density at radius 3 is 2.91 bits per heavy atom. The maximum absolute atomic E-state index is 13.3. The first kappa shape index (κ1) is 21.4. The van der Waals surface area contributed by atoms with Gasteiger partial charge in [-0.1, -0.05) is 13.8 Å². The molecule has 3 aromatic rings. The van der Waals surface area contributed by atoms with Crippen molar-refractivity contribution >= 4 is 22.6 Å². The molecule has 2 N–H and O–H groups in total. The third kappa shape index (κ3) is 3.33. The molecule has 176 valence electrons. The Hall–Kier alpha value is -3.18. The van der Waals surface area contributed by atoms with Crippen LogP contribution in [0, 0.1) is 34.5 Å². The third-order valence-electron chi connectivity index (χ3n) is 8.52. The van der Waals surface area contributed by atoms with E-state index in [1.165, 1.54) is 17.7 Å². The zero-order valence-electron chi connectivity index (χ0n) is 19.9. The van der Waals surface area contributed by atoms with E-state index >= 15 is 0 Å². The minimum absolute atomic E-state index is 0.0590. The summed E-state index contributed by atoms with van der Waals surface area (Å²) >= 11 is 0. The maximum atomic E-state index is 13.3. The Labute approximate surface area is 198 Å². The van der Waals surface area contributed by atoms with E-state index in [9.17, 15) is 10.1 Å². The molecule has 8 nitrogen and oxygen atoms in total. The van der Waals surface area contributed by atoms with Gasteiger partial charge in [0.15, 0.2) is 5.82 Å². The van der Waals surface area contributed by atoms with Gasteiger partial charge in [-0.25, -0.2) is 4.98 Å².